The normalized spacial score (nSPS) is 11.6. The molecule has 4 aromatic carbocycles. The topological polar surface area (TPSA) is 183 Å². The summed E-state index contributed by atoms with van der Waals surface area (Å²) in [6, 6.07) is 25.7. The summed E-state index contributed by atoms with van der Waals surface area (Å²) in [6.07, 6.45) is 3.15. The van der Waals surface area contributed by atoms with Gasteiger partial charge in [-0.1, -0.05) is 54.1 Å². The maximum absolute atomic E-state index is 11.0. The Kier molecular flexibility index (Phi) is 13.1. The Morgan fingerprint density at radius 2 is 1.68 bits per heavy atom. The Balaban J connectivity index is 1.24. The van der Waals surface area contributed by atoms with Gasteiger partial charge >= 0.3 is 5.97 Å². The molecule has 56 heavy (non-hydrogen) atoms. The van der Waals surface area contributed by atoms with Gasteiger partial charge in [0.05, 0.1) is 35.2 Å². The molecule has 2 aromatic heterocycles. The minimum atomic E-state index is -1.09. The summed E-state index contributed by atoms with van der Waals surface area (Å²) in [5.74, 6) is 0.437. The van der Waals surface area contributed by atoms with Crippen molar-refractivity contribution in [2.75, 3.05) is 25.0 Å². The molecule has 2 heterocycles. The smallest absolute Gasteiger partial charge is 0.306 e. The van der Waals surface area contributed by atoms with Crippen LogP contribution in [0.5, 0.6) is 11.5 Å². The molecule has 0 aliphatic rings. The van der Waals surface area contributed by atoms with Gasteiger partial charge in [-0.05, 0) is 77.1 Å². The second kappa shape index (κ2) is 18.5. The van der Waals surface area contributed by atoms with E-state index < -0.39 is 12.1 Å². The van der Waals surface area contributed by atoms with E-state index >= 15 is 0 Å². The van der Waals surface area contributed by atoms with Gasteiger partial charge in [0.1, 0.15) is 42.9 Å². The van der Waals surface area contributed by atoms with Gasteiger partial charge in [-0.15, -0.1) is 0 Å². The van der Waals surface area contributed by atoms with Crippen molar-refractivity contribution < 1.29 is 29.6 Å². The Morgan fingerprint density at radius 1 is 0.911 bits per heavy atom. The molecule has 13 heteroatoms. The van der Waals surface area contributed by atoms with Crippen LogP contribution in [0.4, 0.5) is 5.82 Å². The fourth-order valence-electron chi connectivity index (χ4n) is 6.46. The van der Waals surface area contributed by atoms with Crippen LogP contribution in [0.15, 0.2) is 91.5 Å². The second-order valence-electron chi connectivity index (χ2n) is 13.2. The van der Waals surface area contributed by atoms with Gasteiger partial charge in [0, 0.05) is 54.6 Å². The fraction of sp³-hybridized carbons (Fsp3) is 0.233. The zero-order valence-corrected chi connectivity index (χ0v) is 31.7. The van der Waals surface area contributed by atoms with Crippen molar-refractivity contribution in [3.63, 3.8) is 0 Å². The lowest BCUT2D eigenvalue weighted by molar-refractivity contribution is -0.139. The minimum Gasteiger partial charge on any atom is -0.488 e. The molecule has 5 N–H and O–H groups in total. The number of anilines is 1. The third-order valence-corrected chi connectivity index (χ3v) is 9.64. The molecule has 0 bridgehead atoms. The number of nitrogens with one attached hydrogen (secondary N) is 2. The van der Waals surface area contributed by atoms with E-state index in [1.807, 2.05) is 24.3 Å². The molecule has 1 unspecified atom stereocenters. The minimum absolute atomic E-state index is 0.00792. The average Bonchev–Trinajstić information content (AvgIpc) is 3.19. The van der Waals surface area contributed by atoms with Gasteiger partial charge in [-0.2, -0.15) is 5.26 Å². The number of pyridine rings is 1. The first-order chi connectivity index (χ1) is 27.1. The Hall–Kier alpha value is -6.10. The average molecular weight is 773 g/mol. The number of rotatable bonds is 17. The van der Waals surface area contributed by atoms with Gasteiger partial charge in [0.2, 0.25) is 0 Å². The van der Waals surface area contributed by atoms with E-state index in [2.05, 4.69) is 75.8 Å². The van der Waals surface area contributed by atoms with Crippen LogP contribution in [-0.2, 0) is 24.6 Å². The number of fused-ring (bicyclic) bond motifs is 1. The summed E-state index contributed by atoms with van der Waals surface area (Å²) < 4.78 is 12.5. The number of aliphatic hydroxyl groups is 2. The first kappa shape index (κ1) is 39.6. The zero-order valence-electron chi connectivity index (χ0n) is 30.9. The summed E-state index contributed by atoms with van der Waals surface area (Å²) in [5.41, 5.74) is 9.93. The Morgan fingerprint density at radius 3 is 2.46 bits per heavy atom. The highest BCUT2D eigenvalue weighted by atomic mass is 35.5. The lowest BCUT2D eigenvalue weighted by Crippen LogP contribution is -2.28. The van der Waals surface area contributed by atoms with E-state index in [0.29, 0.717) is 45.6 Å². The molecule has 0 aliphatic heterocycles. The summed E-state index contributed by atoms with van der Waals surface area (Å²) >= 11 is 6.76. The van der Waals surface area contributed by atoms with Gasteiger partial charge in [0.25, 0.3) is 0 Å². The van der Waals surface area contributed by atoms with Gasteiger partial charge in [0.15, 0.2) is 0 Å². The second-order valence-corrected chi connectivity index (χ2v) is 13.6. The number of carbonyl (C=O) groups is 1. The van der Waals surface area contributed by atoms with E-state index in [-0.39, 0.29) is 39.3 Å². The third-order valence-electron chi connectivity index (χ3n) is 9.34. The number of ether oxygens (including phenoxy) is 2. The van der Waals surface area contributed by atoms with E-state index in [1.165, 1.54) is 12.5 Å². The largest absolute Gasteiger partial charge is 0.488 e. The van der Waals surface area contributed by atoms with Crippen LogP contribution in [0.2, 0.25) is 5.02 Å². The highest BCUT2D eigenvalue weighted by molar-refractivity contribution is 6.32. The predicted octanol–water partition coefficient (Wildman–Crippen LogP) is 6.99. The number of aromatic nitrogens is 3. The molecule has 0 saturated heterocycles. The van der Waals surface area contributed by atoms with E-state index in [0.717, 1.165) is 49.8 Å². The monoisotopic (exact) mass is 772 g/mol. The first-order valence-electron chi connectivity index (χ1n) is 18.0. The van der Waals surface area contributed by atoms with Crippen LogP contribution >= 0.6 is 11.6 Å². The molecule has 0 fully saturated rings. The van der Waals surface area contributed by atoms with Crippen molar-refractivity contribution in [1.29, 1.82) is 5.26 Å². The quantitative estimate of drug-likeness (QED) is 0.0642. The standard InChI is InChI=1S/C43H41ClN6O6/c1-26-31(5-3-7-35(26)36-8-4-6-34(27(36)2)30-9-10-39-37(14-30)43(48-11-12-51)50-25-49-39)24-56-41-17-40(55-23-29-13-28(18-45)19-46-20-29)32(15-38(41)44)21-47-22-33(52)16-42(53)54/h3-10,13-15,17,19-20,25,33,47,51-52H,11-12,16,21-24H2,1-2H3,(H,53,54)(H,48,49,50). The summed E-state index contributed by atoms with van der Waals surface area (Å²) in [4.78, 5) is 23.9. The zero-order chi connectivity index (χ0) is 39.6. The van der Waals surface area contributed by atoms with Crippen molar-refractivity contribution in [2.45, 2.75) is 46.1 Å². The number of benzene rings is 4. The Labute approximate surface area is 329 Å². The van der Waals surface area contributed by atoms with Crippen molar-refractivity contribution >= 4 is 34.3 Å². The fourth-order valence-corrected chi connectivity index (χ4v) is 6.70. The number of aliphatic hydroxyl groups excluding tert-OH is 2. The summed E-state index contributed by atoms with van der Waals surface area (Å²) in [6.45, 7) is 5.18. The predicted molar refractivity (Wildman–Crippen MR) is 214 cm³/mol. The molecule has 6 rings (SSSR count). The van der Waals surface area contributed by atoms with Crippen LogP contribution in [0, 0.1) is 25.2 Å². The number of carboxylic acid groups (broad SMARTS) is 1. The molecule has 0 spiro atoms. The number of hydrogen-bond donors (Lipinski definition) is 5. The molecule has 12 nitrogen and oxygen atoms in total. The third kappa shape index (κ3) is 9.57. The van der Waals surface area contributed by atoms with Crippen LogP contribution < -0.4 is 20.1 Å². The van der Waals surface area contributed by atoms with Crippen LogP contribution in [0.1, 0.15) is 39.8 Å². The number of aliphatic carboxylic acids is 1. The van der Waals surface area contributed by atoms with Crippen molar-refractivity contribution in [3.05, 3.63) is 130 Å². The summed E-state index contributed by atoms with van der Waals surface area (Å²) in [5, 5.41) is 45.2. The van der Waals surface area contributed by atoms with Crippen LogP contribution in [0.25, 0.3) is 33.2 Å². The molecule has 0 radical (unpaired) electrons. The molecule has 286 valence electrons. The van der Waals surface area contributed by atoms with E-state index in [1.54, 1.807) is 24.4 Å². The highest BCUT2D eigenvalue weighted by Crippen LogP contribution is 2.37. The lowest BCUT2D eigenvalue weighted by Gasteiger charge is -2.19. The van der Waals surface area contributed by atoms with Gasteiger partial charge in [-0.3, -0.25) is 9.78 Å². The molecular weight excluding hydrogens is 732 g/mol. The van der Waals surface area contributed by atoms with Crippen molar-refractivity contribution in [2.24, 2.45) is 0 Å². The van der Waals surface area contributed by atoms with Crippen LogP contribution in [-0.4, -0.2) is 62.0 Å². The first-order valence-corrected chi connectivity index (χ1v) is 18.3. The lowest BCUT2D eigenvalue weighted by atomic mass is 9.89. The molecule has 1 atom stereocenters. The molecular formula is C43H41ClN6O6. The van der Waals surface area contributed by atoms with E-state index in [4.69, 9.17) is 26.2 Å². The van der Waals surface area contributed by atoms with Crippen molar-refractivity contribution in [3.8, 4) is 39.8 Å². The molecule has 0 saturated carbocycles. The number of nitrogens with zero attached hydrogens (tertiary/aromatic N) is 4. The van der Waals surface area contributed by atoms with Gasteiger partial charge in [-0.25, -0.2) is 9.97 Å². The number of halogens is 1. The molecule has 6 aromatic rings. The maximum atomic E-state index is 11.0. The maximum Gasteiger partial charge on any atom is 0.306 e. The molecule has 0 amide bonds. The van der Waals surface area contributed by atoms with Crippen molar-refractivity contribution in [1.82, 2.24) is 20.3 Å². The summed E-state index contributed by atoms with van der Waals surface area (Å²) in [7, 11) is 0. The van der Waals surface area contributed by atoms with Crippen LogP contribution in [0.3, 0.4) is 0 Å². The highest BCUT2D eigenvalue weighted by Gasteiger charge is 2.17. The Bertz CT molecular complexity index is 2400. The SMILES string of the molecule is Cc1c(COc2cc(OCc3cncc(C#N)c3)c(CNCC(O)CC(=O)O)cc2Cl)cccc1-c1cccc(-c2ccc3ncnc(NCCO)c3c2)c1C. The van der Waals surface area contributed by atoms with Gasteiger partial charge < -0.3 is 35.4 Å². The number of carboxylic acids is 1. The number of hydrogen-bond acceptors (Lipinski definition) is 11. The number of nitriles is 1. The van der Waals surface area contributed by atoms with E-state index in [9.17, 15) is 20.3 Å². The molecule has 0 aliphatic carbocycles.